The highest BCUT2D eigenvalue weighted by atomic mass is 16.5. The van der Waals surface area contributed by atoms with Crippen LogP contribution in [-0.2, 0) is 4.74 Å². The molecule has 0 unspecified atom stereocenters. The van der Waals surface area contributed by atoms with Crippen molar-refractivity contribution in [2.75, 3.05) is 19.8 Å². The summed E-state index contributed by atoms with van der Waals surface area (Å²) >= 11 is 0. The summed E-state index contributed by atoms with van der Waals surface area (Å²) < 4.78 is 5.07. The molecule has 0 heterocycles. The van der Waals surface area contributed by atoms with Crippen LogP contribution in [0.3, 0.4) is 0 Å². The van der Waals surface area contributed by atoms with Gasteiger partial charge in [0.25, 0.3) is 5.91 Å². The number of aromatic carboxylic acids is 1. The summed E-state index contributed by atoms with van der Waals surface area (Å²) in [5.41, 5.74) is 0.165. The molecule has 0 aliphatic rings. The van der Waals surface area contributed by atoms with E-state index < -0.39 is 11.9 Å². The van der Waals surface area contributed by atoms with E-state index in [4.69, 9.17) is 9.84 Å². The van der Waals surface area contributed by atoms with Gasteiger partial charge in [-0.25, -0.2) is 4.79 Å². The van der Waals surface area contributed by atoms with Crippen molar-refractivity contribution in [2.24, 2.45) is 0 Å². The lowest BCUT2D eigenvalue weighted by Gasteiger charge is -2.07. The minimum absolute atomic E-state index is 0.00131. The van der Waals surface area contributed by atoms with E-state index in [0.29, 0.717) is 19.8 Å². The van der Waals surface area contributed by atoms with Gasteiger partial charge in [0.1, 0.15) is 0 Å². The fourth-order valence-electron chi connectivity index (χ4n) is 1.34. The van der Waals surface area contributed by atoms with Crippen LogP contribution in [0.15, 0.2) is 24.3 Å². The number of benzene rings is 1. The van der Waals surface area contributed by atoms with Gasteiger partial charge >= 0.3 is 5.97 Å². The van der Waals surface area contributed by atoms with E-state index in [1.807, 2.05) is 6.92 Å². The van der Waals surface area contributed by atoms with Gasteiger partial charge in [0.2, 0.25) is 0 Å². The number of carboxylic acids is 1. The summed E-state index contributed by atoms with van der Waals surface area (Å²) in [5, 5.41) is 11.5. The molecule has 0 aromatic heterocycles. The fourth-order valence-corrected chi connectivity index (χ4v) is 1.34. The van der Waals surface area contributed by atoms with Gasteiger partial charge in [0.15, 0.2) is 0 Å². The van der Waals surface area contributed by atoms with Crippen LogP contribution in [0.5, 0.6) is 0 Å². The quantitative estimate of drug-likeness (QED) is 0.728. The summed E-state index contributed by atoms with van der Waals surface area (Å²) in [6, 6.07) is 6.10. The van der Waals surface area contributed by atoms with Gasteiger partial charge in [-0.3, -0.25) is 4.79 Å². The first-order valence-corrected chi connectivity index (χ1v) is 5.35. The molecule has 0 radical (unpaired) electrons. The lowest BCUT2D eigenvalue weighted by Crippen LogP contribution is -2.28. The lowest BCUT2D eigenvalue weighted by molar-refractivity contribution is 0.0690. The van der Waals surface area contributed by atoms with Crippen LogP contribution in [0.4, 0.5) is 0 Å². The smallest absolute Gasteiger partial charge is 0.336 e. The summed E-state index contributed by atoms with van der Waals surface area (Å²) in [6.45, 7) is 3.22. The molecule has 1 amide bonds. The third-order valence-electron chi connectivity index (χ3n) is 2.14. The van der Waals surface area contributed by atoms with E-state index in [0.717, 1.165) is 0 Å². The second-order valence-corrected chi connectivity index (χ2v) is 3.30. The minimum Gasteiger partial charge on any atom is -0.478 e. The first-order valence-electron chi connectivity index (χ1n) is 5.35. The molecule has 0 aliphatic heterocycles. The number of nitrogens with one attached hydrogen (secondary N) is 1. The molecule has 0 spiro atoms. The second kappa shape index (κ2) is 6.65. The number of carboxylic acid groups (broad SMARTS) is 1. The maximum Gasteiger partial charge on any atom is 0.336 e. The maximum absolute atomic E-state index is 11.7. The molecule has 0 atom stereocenters. The second-order valence-electron chi connectivity index (χ2n) is 3.30. The molecule has 1 rings (SSSR count). The van der Waals surface area contributed by atoms with Crippen molar-refractivity contribution in [3.63, 3.8) is 0 Å². The van der Waals surface area contributed by atoms with Gasteiger partial charge < -0.3 is 15.2 Å². The Morgan fingerprint density at radius 3 is 2.53 bits per heavy atom. The Kier molecular flexibility index (Phi) is 5.16. The molecule has 5 nitrogen and oxygen atoms in total. The van der Waals surface area contributed by atoms with Crippen molar-refractivity contribution in [3.05, 3.63) is 35.4 Å². The predicted molar refractivity (Wildman–Crippen MR) is 62.2 cm³/mol. The third-order valence-corrected chi connectivity index (χ3v) is 2.14. The van der Waals surface area contributed by atoms with E-state index in [1.165, 1.54) is 12.1 Å². The normalized spacial score (nSPS) is 9.94. The van der Waals surface area contributed by atoms with Gasteiger partial charge in [0, 0.05) is 13.2 Å². The Morgan fingerprint density at radius 1 is 1.29 bits per heavy atom. The number of rotatable bonds is 6. The Hall–Kier alpha value is -1.88. The Balaban J connectivity index is 2.65. The van der Waals surface area contributed by atoms with Crippen LogP contribution in [0, 0.1) is 0 Å². The highest BCUT2D eigenvalue weighted by Crippen LogP contribution is 2.08. The van der Waals surface area contributed by atoms with Gasteiger partial charge in [-0.2, -0.15) is 0 Å². The Morgan fingerprint density at radius 2 is 1.94 bits per heavy atom. The zero-order chi connectivity index (χ0) is 12.7. The number of hydrogen-bond acceptors (Lipinski definition) is 3. The number of hydrogen-bond donors (Lipinski definition) is 2. The van der Waals surface area contributed by atoms with E-state index in [9.17, 15) is 9.59 Å². The van der Waals surface area contributed by atoms with Crippen LogP contribution < -0.4 is 5.32 Å². The molecule has 5 heteroatoms. The Bertz CT molecular complexity index is 403. The van der Waals surface area contributed by atoms with Crippen LogP contribution >= 0.6 is 0 Å². The average molecular weight is 237 g/mol. The monoisotopic (exact) mass is 237 g/mol. The van der Waals surface area contributed by atoms with Crippen LogP contribution in [0.2, 0.25) is 0 Å². The molecule has 92 valence electrons. The maximum atomic E-state index is 11.7. The van der Waals surface area contributed by atoms with Crippen molar-refractivity contribution in [1.29, 1.82) is 0 Å². The average Bonchev–Trinajstić information content (AvgIpc) is 2.34. The molecule has 17 heavy (non-hydrogen) atoms. The van der Waals surface area contributed by atoms with Crippen molar-refractivity contribution in [1.82, 2.24) is 5.32 Å². The minimum atomic E-state index is -1.11. The number of amides is 1. The standard InChI is InChI=1S/C12H15NO4/c1-2-17-8-7-13-11(14)9-5-3-4-6-10(9)12(15)16/h3-6H,2,7-8H2,1H3,(H,13,14)(H,15,16). The largest absolute Gasteiger partial charge is 0.478 e. The molecule has 0 aliphatic carbocycles. The summed E-state index contributed by atoms with van der Waals surface area (Å²) in [5.74, 6) is -1.51. The molecule has 0 saturated carbocycles. The molecule has 1 aromatic rings. The van der Waals surface area contributed by atoms with Crippen LogP contribution in [0.1, 0.15) is 27.6 Å². The Labute approximate surface area is 99.4 Å². The van der Waals surface area contributed by atoms with E-state index in [2.05, 4.69) is 5.32 Å². The van der Waals surface area contributed by atoms with Gasteiger partial charge in [0.05, 0.1) is 17.7 Å². The highest BCUT2D eigenvalue weighted by molar-refractivity contribution is 6.04. The summed E-state index contributed by atoms with van der Waals surface area (Å²) in [6.07, 6.45) is 0. The number of carbonyl (C=O) groups excluding carboxylic acids is 1. The van der Waals surface area contributed by atoms with Crippen molar-refractivity contribution in [3.8, 4) is 0 Å². The van der Waals surface area contributed by atoms with Gasteiger partial charge in [-0.1, -0.05) is 12.1 Å². The van der Waals surface area contributed by atoms with Crippen molar-refractivity contribution < 1.29 is 19.4 Å². The summed E-state index contributed by atoms with van der Waals surface area (Å²) in [7, 11) is 0. The lowest BCUT2D eigenvalue weighted by atomic mass is 10.1. The van der Waals surface area contributed by atoms with E-state index in [1.54, 1.807) is 12.1 Å². The molecule has 1 aromatic carbocycles. The fraction of sp³-hybridized carbons (Fsp3) is 0.333. The molecule has 0 saturated heterocycles. The van der Waals surface area contributed by atoms with Crippen molar-refractivity contribution in [2.45, 2.75) is 6.92 Å². The third kappa shape index (κ3) is 3.88. The summed E-state index contributed by atoms with van der Waals surface area (Å²) in [4.78, 5) is 22.6. The van der Waals surface area contributed by atoms with Crippen LogP contribution in [0.25, 0.3) is 0 Å². The molecule has 2 N–H and O–H groups in total. The zero-order valence-electron chi connectivity index (χ0n) is 9.60. The first kappa shape index (κ1) is 13.2. The predicted octanol–water partition coefficient (Wildman–Crippen LogP) is 1.15. The van der Waals surface area contributed by atoms with E-state index in [-0.39, 0.29) is 11.1 Å². The van der Waals surface area contributed by atoms with E-state index >= 15 is 0 Å². The zero-order valence-corrected chi connectivity index (χ0v) is 9.60. The number of carbonyl (C=O) groups is 2. The van der Waals surface area contributed by atoms with Crippen molar-refractivity contribution >= 4 is 11.9 Å². The molecule has 0 bridgehead atoms. The first-order chi connectivity index (χ1) is 8.16. The highest BCUT2D eigenvalue weighted by Gasteiger charge is 2.14. The topological polar surface area (TPSA) is 75.6 Å². The molecular weight excluding hydrogens is 222 g/mol. The molecule has 0 fully saturated rings. The SMILES string of the molecule is CCOCCNC(=O)c1ccccc1C(=O)O. The van der Waals surface area contributed by atoms with Gasteiger partial charge in [-0.05, 0) is 19.1 Å². The molecular formula is C12H15NO4. The van der Waals surface area contributed by atoms with Crippen LogP contribution in [-0.4, -0.2) is 36.7 Å². The number of ether oxygens (including phenoxy) is 1. The van der Waals surface area contributed by atoms with Gasteiger partial charge in [-0.15, -0.1) is 0 Å².